The Labute approximate surface area is 128 Å². The van der Waals surface area contributed by atoms with E-state index < -0.39 is 0 Å². The summed E-state index contributed by atoms with van der Waals surface area (Å²) >= 11 is 0. The monoisotopic (exact) mass is 299 g/mol. The Balaban J connectivity index is 2.08. The molecule has 1 amide bonds. The minimum atomic E-state index is -0.340. The van der Waals surface area contributed by atoms with Crippen molar-refractivity contribution in [3.05, 3.63) is 54.1 Å². The van der Waals surface area contributed by atoms with Gasteiger partial charge in [-0.25, -0.2) is 0 Å². The van der Waals surface area contributed by atoms with Crippen LogP contribution in [0.4, 0.5) is 5.69 Å². The van der Waals surface area contributed by atoms with Gasteiger partial charge in [-0.2, -0.15) is 0 Å². The van der Waals surface area contributed by atoms with Crippen LogP contribution in [-0.4, -0.2) is 19.0 Å². The van der Waals surface area contributed by atoms with E-state index in [-0.39, 0.29) is 18.3 Å². The molecule has 0 fully saturated rings. The van der Waals surface area contributed by atoms with E-state index in [0.717, 1.165) is 0 Å². The summed E-state index contributed by atoms with van der Waals surface area (Å²) in [5.74, 6) is 0.452. The zero-order valence-electron chi connectivity index (χ0n) is 12.5. The smallest absolute Gasteiger partial charge is 0.310 e. The fraction of sp³-hybridized carbons (Fsp3) is 0.176. The SMILES string of the molecule is CCC(=O)Oc1cccc(C(=O)Nc2ccc(OC)cc2)c1. The normalized spacial score (nSPS) is 9.91. The number of methoxy groups -OCH3 is 1. The molecular formula is C17H17NO4. The van der Waals surface area contributed by atoms with Gasteiger partial charge in [-0.1, -0.05) is 13.0 Å². The maximum atomic E-state index is 12.2. The molecule has 0 aromatic heterocycles. The van der Waals surface area contributed by atoms with Crippen molar-refractivity contribution in [2.75, 3.05) is 12.4 Å². The molecule has 114 valence electrons. The van der Waals surface area contributed by atoms with Crippen molar-refractivity contribution >= 4 is 17.6 Å². The van der Waals surface area contributed by atoms with Crippen LogP contribution in [-0.2, 0) is 4.79 Å². The van der Waals surface area contributed by atoms with E-state index in [1.807, 2.05) is 0 Å². The molecular weight excluding hydrogens is 282 g/mol. The van der Waals surface area contributed by atoms with E-state index >= 15 is 0 Å². The molecule has 2 aromatic rings. The van der Waals surface area contributed by atoms with E-state index in [4.69, 9.17) is 9.47 Å². The first kappa shape index (κ1) is 15.6. The quantitative estimate of drug-likeness (QED) is 0.680. The van der Waals surface area contributed by atoms with Crippen LogP contribution in [0.3, 0.4) is 0 Å². The van der Waals surface area contributed by atoms with Gasteiger partial charge in [0.15, 0.2) is 0 Å². The number of hydrogen-bond acceptors (Lipinski definition) is 4. The Bertz CT molecular complexity index is 665. The average molecular weight is 299 g/mol. The second-order valence-electron chi connectivity index (χ2n) is 4.54. The summed E-state index contributed by atoms with van der Waals surface area (Å²) < 4.78 is 10.2. The maximum Gasteiger partial charge on any atom is 0.310 e. The lowest BCUT2D eigenvalue weighted by atomic mass is 10.2. The van der Waals surface area contributed by atoms with Crippen molar-refractivity contribution in [3.63, 3.8) is 0 Å². The third-order valence-electron chi connectivity index (χ3n) is 2.96. The molecule has 0 unspecified atom stereocenters. The third kappa shape index (κ3) is 4.09. The van der Waals surface area contributed by atoms with E-state index in [0.29, 0.717) is 22.7 Å². The summed E-state index contributed by atoms with van der Waals surface area (Å²) in [5.41, 5.74) is 1.07. The lowest BCUT2D eigenvalue weighted by molar-refractivity contribution is -0.134. The van der Waals surface area contributed by atoms with Crippen LogP contribution >= 0.6 is 0 Å². The van der Waals surface area contributed by atoms with Crippen molar-refractivity contribution < 1.29 is 19.1 Å². The molecule has 0 radical (unpaired) electrons. The molecule has 0 spiro atoms. The van der Waals surface area contributed by atoms with Gasteiger partial charge in [-0.3, -0.25) is 9.59 Å². The van der Waals surface area contributed by atoms with Gasteiger partial charge in [-0.15, -0.1) is 0 Å². The van der Waals surface area contributed by atoms with Crippen molar-refractivity contribution in [1.29, 1.82) is 0 Å². The largest absolute Gasteiger partial charge is 0.497 e. The zero-order chi connectivity index (χ0) is 15.9. The van der Waals surface area contributed by atoms with Crippen molar-refractivity contribution in [2.24, 2.45) is 0 Å². The predicted octanol–water partition coefficient (Wildman–Crippen LogP) is 3.26. The number of rotatable bonds is 5. The van der Waals surface area contributed by atoms with Crippen LogP contribution in [0.2, 0.25) is 0 Å². The lowest BCUT2D eigenvalue weighted by Gasteiger charge is -2.08. The van der Waals surface area contributed by atoms with Crippen molar-refractivity contribution in [2.45, 2.75) is 13.3 Å². The average Bonchev–Trinajstić information content (AvgIpc) is 2.55. The summed E-state index contributed by atoms with van der Waals surface area (Å²) in [4.78, 5) is 23.5. The molecule has 2 rings (SSSR count). The third-order valence-corrected chi connectivity index (χ3v) is 2.96. The zero-order valence-corrected chi connectivity index (χ0v) is 12.5. The highest BCUT2D eigenvalue weighted by Gasteiger charge is 2.09. The van der Waals surface area contributed by atoms with Crippen LogP contribution in [0.1, 0.15) is 23.7 Å². The number of nitrogens with one attached hydrogen (secondary N) is 1. The number of carbonyl (C=O) groups is 2. The van der Waals surface area contributed by atoms with E-state index in [1.165, 1.54) is 6.07 Å². The Morgan fingerprint density at radius 1 is 1.05 bits per heavy atom. The van der Waals surface area contributed by atoms with Crippen LogP contribution in [0, 0.1) is 0 Å². The highest BCUT2D eigenvalue weighted by Crippen LogP contribution is 2.18. The Hall–Kier alpha value is -2.82. The summed E-state index contributed by atoms with van der Waals surface area (Å²) in [6.45, 7) is 1.71. The first-order valence-electron chi connectivity index (χ1n) is 6.88. The molecule has 0 aliphatic rings. The van der Waals surface area contributed by atoms with E-state index in [1.54, 1.807) is 56.5 Å². The first-order chi connectivity index (χ1) is 10.6. The number of ether oxygens (including phenoxy) is 2. The van der Waals surface area contributed by atoms with Gasteiger partial charge in [0.05, 0.1) is 7.11 Å². The van der Waals surface area contributed by atoms with Gasteiger partial charge in [0.25, 0.3) is 5.91 Å². The van der Waals surface area contributed by atoms with Gasteiger partial charge in [0.1, 0.15) is 11.5 Å². The van der Waals surface area contributed by atoms with Crippen molar-refractivity contribution in [1.82, 2.24) is 0 Å². The lowest BCUT2D eigenvalue weighted by Crippen LogP contribution is -2.12. The fourth-order valence-electron chi connectivity index (χ4n) is 1.78. The number of esters is 1. The Kier molecular flexibility index (Phi) is 5.14. The molecule has 5 nitrogen and oxygen atoms in total. The number of carbonyl (C=O) groups excluding carboxylic acids is 2. The molecule has 0 saturated heterocycles. The minimum Gasteiger partial charge on any atom is -0.497 e. The van der Waals surface area contributed by atoms with E-state index in [2.05, 4.69) is 5.32 Å². The summed E-state index contributed by atoms with van der Waals surface area (Å²) in [5, 5.41) is 2.77. The van der Waals surface area contributed by atoms with Crippen LogP contribution in [0.15, 0.2) is 48.5 Å². The van der Waals surface area contributed by atoms with Gasteiger partial charge in [0, 0.05) is 17.7 Å². The molecule has 1 N–H and O–H groups in total. The van der Waals surface area contributed by atoms with E-state index in [9.17, 15) is 9.59 Å². The maximum absolute atomic E-state index is 12.2. The standard InChI is InChI=1S/C17H17NO4/c1-3-16(19)22-15-6-4-5-12(11-15)17(20)18-13-7-9-14(21-2)10-8-13/h4-11H,3H2,1-2H3,(H,18,20). The fourth-order valence-corrected chi connectivity index (χ4v) is 1.78. The van der Waals surface area contributed by atoms with Crippen LogP contribution < -0.4 is 14.8 Å². The predicted molar refractivity (Wildman–Crippen MR) is 83.3 cm³/mol. The highest BCUT2D eigenvalue weighted by molar-refractivity contribution is 6.04. The van der Waals surface area contributed by atoms with Crippen molar-refractivity contribution in [3.8, 4) is 11.5 Å². The molecule has 0 aliphatic heterocycles. The molecule has 0 heterocycles. The van der Waals surface area contributed by atoms with Gasteiger partial charge < -0.3 is 14.8 Å². The second kappa shape index (κ2) is 7.26. The molecule has 0 aliphatic carbocycles. The molecule has 22 heavy (non-hydrogen) atoms. The number of hydrogen-bond donors (Lipinski definition) is 1. The molecule has 0 saturated carbocycles. The summed E-state index contributed by atoms with van der Waals surface area (Å²) in [6.07, 6.45) is 0.280. The molecule has 5 heteroatoms. The van der Waals surface area contributed by atoms with Gasteiger partial charge in [0.2, 0.25) is 0 Å². The molecule has 0 bridgehead atoms. The minimum absolute atomic E-state index is 0.278. The molecule has 0 atom stereocenters. The van der Waals surface area contributed by atoms with Gasteiger partial charge >= 0.3 is 5.97 Å². The summed E-state index contributed by atoms with van der Waals surface area (Å²) in [7, 11) is 1.58. The van der Waals surface area contributed by atoms with Crippen LogP contribution in [0.5, 0.6) is 11.5 Å². The Morgan fingerprint density at radius 2 is 1.77 bits per heavy atom. The number of anilines is 1. The van der Waals surface area contributed by atoms with Crippen LogP contribution in [0.25, 0.3) is 0 Å². The number of amides is 1. The Morgan fingerprint density at radius 3 is 2.41 bits per heavy atom. The first-order valence-corrected chi connectivity index (χ1v) is 6.88. The highest BCUT2D eigenvalue weighted by atomic mass is 16.5. The second-order valence-corrected chi connectivity index (χ2v) is 4.54. The summed E-state index contributed by atoms with van der Waals surface area (Å²) in [6, 6.07) is 13.5. The number of benzene rings is 2. The topological polar surface area (TPSA) is 64.6 Å². The van der Waals surface area contributed by atoms with Gasteiger partial charge in [-0.05, 0) is 42.5 Å². The molecule has 2 aromatic carbocycles.